The fourth-order valence-corrected chi connectivity index (χ4v) is 2.22. The Morgan fingerprint density at radius 1 is 0.885 bits per heavy atom. The van der Waals surface area contributed by atoms with Gasteiger partial charge in [-0.25, -0.2) is 0 Å². The van der Waals surface area contributed by atoms with Crippen molar-refractivity contribution in [2.45, 2.75) is 36.5 Å². The van der Waals surface area contributed by atoms with E-state index in [1.54, 1.807) is 0 Å². The van der Waals surface area contributed by atoms with Gasteiger partial charge in [-0.2, -0.15) is 39.5 Å². The lowest BCUT2D eigenvalue weighted by Gasteiger charge is -2.44. The molecule has 0 aliphatic rings. The summed E-state index contributed by atoms with van der Waals surface area (Å²) in [5.74, 6) is -25.3. The van der Waals surface area contributed by atoms with Gasteiger partial charge in [0.2, 0.25) is 5.91 Å². The van der Waals surface area contributed by atoms with Gasteiger partial charge in [-0.3, -0.25) is 4.79 Å². The Morgan fingerprint density at radius 3 is 1.65 bits per heavy atom. The average molecular weight is 397 g/mol. The Kier molecular flexibility index (Phi) is 5.36. The smallest absolute Gasteiger partial charge is 0.378 e. The van der Waals surface area contributed by atoms with E-state index < -0.39 is 46.9 Å². The van der Waals surface area contributed by atoms with Crippen molar-refractivity contribution in [3.8, 4) is 0 Å². The molecule has 3 N–H and O–H groups in total. The Labute approximate surface area is 140 Å². The van der Waals surface area contributed by atoms with Crippen LogP contribution in [-0.2, 0) is 10.4 Å². The van der Waals surface area contributed by atoms with E-state index in [1.807, 2.05) is 0 Å². The van der Waals surface area contributed by atoms with E-state index in [1.165, 1.54) is 0 Å². The van der Waals surface area contributed by atoms with Crippen molar-refractivity contribution in [1.29, 1.82) is 0 Å². The fraction of sp³-hybridized carbons (Fsp3) is 0.500. The summed E-state index contributed by atoms with van der Waals surface area (Å²) in [5.41, 5.74) is -0.953. The van der Waals surface area contributed by atoms with Gasteiger partial charge in [0, 0.05) is 0 Å². The zero-order chi connectivity index (χ0) is 20.8. The molecule has 0 heterocycles. The zero-order valence-electron chi connectivity index (χ0n) is 12.8. The molecule has 0 saturated heterocycles. The predicted molar refractivity (Wildman–Crippen MR) is 69.6 cm³/mol. The normalized spacial score (nSPS) is 17.5. The van der Waals surface area contributed by atoms with Gasteiger partial charge in [-0.05, 0) is 5.56 Å². The second-order valence-electron chi connectivity index (χ2n) is 5.48. The molecule has 26 heavy (non-hydrogen) atoms. The van der Waals surface area contributed by atoms with Crippen molar-refractivity contribution in [1.82, 2.24) is 0 Å². The molecule has 0 spiro atoms. The maximum Gasteiger partial charge on any atom is 0.460 e. The van der Waals surface area contributed by atoms with Gasteiger partial charge in [-0.15, -0.1) is 0 Å². The molecule has 0 fully saturated rings. The minimum absolute atomic E-state index is 0.394. The third kappa shape index (κ3) is 2.89. The van der Waals surface area contributed by atoms with Crippen molar-refractivity contribution in [3.05, 3.63) is 35.9 Å². The van der Waals surface area contributed by atoms with Crippen LogP contribution in [0.2, 0.25) is 0 Å². The largest absolute Gasteiger partial charge is 0.460 e. The van der Waals surface area contributed by atoms with Crippen LogP contribution >= 0.6 is 0 Å². The Balaban J connectivity index is 3.77. The number of alkyl halides is 9. The minimum Gasteiger partial charge on any atom is -0.378 e. The molecule has 1 amide bonds. The molecule has 0 unspecified atom stereocenters. The number of rotatable bonds is 6. The van der Waals surface area contributed by atoms with E-state index in [0.717, 1.165) is 18.2 Å². The zero-order valence-corrected chi connectivity index (χ0v) is 12.8. The molecule has 1 rings (SSSR count). The highest BCUT2D eigenvalue weighted by atomic mass is 19.4. The number of carbonyl (C=O) groups excluding carboxylic acids is 1. The first-order chi connectivity index (χ1) is 11.5. The van der Waals surface area contributed by atoms with E-state index in [-0.39, 0.29) is 0 Å². The van der Waals surface area contributed by atoms with Crippen LogP contribution in [0.15, 0.2) is 30.3 Å². The summed E-state index contributed by atoms with van der Waals surface area (Å²) < 4.78 is 119. The topological polar surface area (TPSA) is 63.3 Å². The van der Waals surface area contributed by atoms with Crippen LogP contribution in [0.1, 0.15) is 12.5 Å². The van der Waals surface area contributed by atoms with Crippen LogP contribution < -0.4 is 5.73 Å². The van der Waals surface area contributed by atoms with Crippen LogP contribution in [0.3, 0.4) is 0 Å². The Hall–Kier alpha value is -1.98. The number of nitrogens with two attached hydrogens (primary N) is 1. The van der Waals surface area contributed by atoms with Crippen LogP contribution in [0, 0.1) is 5.92 Å². The van der Waals surface area contributed by atoms with Crippen LogP contribution in [0.4, 0.5) is 39.5 Å². The van der Waals surface area contributed by atoms with E-state index in [9.17, 15) is 49.4 Å². The van der Waals surface area contributed by atoms with Gasteiger partial charge in [-0.1, -0.05) is 37.3 Å². The van der Waals surface area contributed by atoms with Gasteiger partial charge in [0.25, 0.3) is 0 Å². The lowest BCUT2D eigenvalue weighted by Crippen LogP contribution is -2.69. The lowest BCUT2D eigenvalue weighted by molar-refractivity contribution is -0.421. The van der Waals surface area contributed by atoms with Crippen LogP contribution in [-0.4, -0.2) is 35.0 Å². The molecule has 0 radical (unpaired) electrons. The molecule has 1 aromatic rings. The molecule has 2 atom stereocenters. The first-order valence-corrected chi connectivity index (χ1v) is 6.73. The van der Waals surface area contributed by atoms with Gasteiger partial charge in [0.1, 0.15) is 0 Å². The van der Waals surface area contributed by atoms with Crippen molar-refractivity contribution in [3.63, 3.8) is 0 Å². The highest BCUT2D eigenvalue weighted by Gasteiger charge is 2.86. The first-order valence-electron chi connectivity index (χ1n) is 6.73. The Bertz CT molecular complexity index is 660. The summed E-state index contributed by atoms with van der Waals surface area (Å²) in [6.45, 7) is 0.394. The fourth-order valence-electron chi connectivity index (χ4n) is 2.22. The van der Waals surface area contributed by atoms with Crippen molar-refractivity contribution in [2.75, 3.05) is 0 Å². The standard InChI is InChI=1S/C14H12F9NO2/c1-7(9(24)25)10(26,8-5-3-2-4-6-8)11(15,16)12(17,18)13(19,20)14(21,22)23/h2-7,26H,1H3,(H2,24,25)/t7-,10+/m1/s1. The number of carbonyl (C=O) groups is 1. The Morgan fingerprint density at radius 2 is 1.31 bits per heavy atom. The van der Waals surface area contributed by atoms with Crippen molar-refractivity contribution >= 4 is 5.91 Å². The van der Waals surface area contributed by atoms with Crippen LogP contribution in [0.5, 0.6) is 0 Å². The summed E-state index contributed by atoms with van der Waals surface area (Å²) >= 11 is 0. The van der Waals surface area contributed by atoms with Crippen LogP contribution in [0.25, 0.3) is 0 Å². The monoisotopic (exact) mass is 397 g/mol. The number of hydrogen-bond donors (Lipinski definition) is 2. The molecular formula is C14H12F9NO2. The lowest BCUT2D eigenvalue weighted by atomic mass is 9.73. The third-order valence-electron chi connectivity index (χ3n) is 3.89. The summed E-state index contributed by atoms with van der Waals surface area (Å²) in [6.07, 6.45) is -7.06. The molecule has 12 heteroatoms. The highest BCUT2D eigenvalue weighted by molar-refractivity contribution is 5.78. The molecule has 1 aromatic carbocycles. The third-order valence-corrected chi connectivity index (χ3v) is 3.89. The van der Waals surface area contributed by atoms with E-state index in [0.29, 0.717) is 19.1 Å². The van der Waals surface area contributed by atoms with E-state index in [4.69, 9.17) is 5.73 Å². The van der Waals surface area contributed by atoms with Gasteiger partial charge in [0.05, 0.1) is 5.92 Å². The summed E-state index contributed by atoms with van der Waals surface area (Å²) in [5, 5.41) is 10.2. The van der Waals surface area contributed by atoms with Crippen molar-refractivity contribution < 1.29 is 49.4 Å². The molecular weight excluding hydrogens is 385 g/mol. The number of hydrogen-bond acceptors (Lipinski definition) is 2. The molecule has 0 saturated carbocycles. The molecule has 0 aliphatic carbocycles. The van der Waals surface area contributed by atoms with Gasteiger partial charge >= 0.3 is 23.9 Å². The molecule has 3 nitrogen and oxygen atoms in total. The summed E-state index contributed by atoms with van der Waals surface area (Å²) in [6, 6.07) is 4.07. The summed E-state index contributed by atoms with van der Waals surface area (Å²) in [7, 11) is 0. The second kappa shape index (κ2) is 6.32. The number of amides is 1. The van der Waals surface area contributed by atoms with Gasteiger partial charge < -0.3 is 10.8 Å². The second-order valence-corrected chi connectivity index (χ2v) is 5.48. The minimum atomic E-state index is -7.22. The maximum atomic E-state index is 14.4. The molecule has 148 valence electrons. The van der Waals surface area contributed by atoms with Gasteiger partial charge in [0.15, 0.2) is 5.60 Å². The van der Waals surface area contributed by atoms with E-state index in [2.05, 4.69) is 0 Å². The number of aliphatic hydroxyl groups is 1. The SMILES string of the molecule is C[C@H](C(N)=O)[C@](O)(c1ccccc1)C(F)(F)C(F)(F)C(F)(F)C(F)(F)F. The quantitative estimate of drug-likeness (QED) is 0.723. The molecule has 0 aromatic heterocycles. The maximum absolute atomic E-state index is 14.4. The van der Waals surface area contributed by atoms with Crippen molar-refractivity contribution in [2.24, 2.45) is 11.7 Å². The number of benzene rings is 1. The highest BCUT2D eigenvalue weighted by Crippen LogP contribution is 2.59. The summed E-state index contributed by atoms with van der Waals surface area (Å²) in [4.78, 5) is 11.2. The molecule has 0 aliphatic heterocycles. The van der Waals surface area contributed by atoms with E-state index >= 15 is 0 Å². The number of halogens is 9. The predicted octanol–water partition coefficient (Wildman–Crippen LogP) is 3.46. The molecule has 0 bridgehead atoms. The average Bonchev–Trinajstić information content (AvgIpc) is 2.52. The number of primary amides is 1. The first kappa shape index (κ1) is 22.1.